The molecule has 0 radical (unpaired) electrons. The molecule has 1 aromatic rings. The Bertz CT molecular complexity index is 464. The van der Waals surface area contributed by atoms with Crippen molar-refractivity contribution in [1.29, 1.82) is 0 Å². The first-order valence-electron chi connectivity index (χ1n) is 7.29. The van der Waals surface area contributed by atoms with Crippen molar-refractivity contribution in [1.82, 2.24) is 0 Å². The second-order valence-electron chi connectivity index (χ2n) is 5.71. The predicted octanol–water partition coefficient (Wildman–Crippen LogP) is 4.41. The number of allylic oxidation sites excluding steroid dienone is 4. The Hall–Kier alpha value is -1.08. The SMILES string of the molecule is CCC1=CC([Si]2(c3ccccc3)CCCC2)C=C1. The van der Waals surface area contributed by atoms with Crippen molar-refractivity contribution in [3.63, 3.8) is 0 Å². The summed E-state index contributed by atoms with van der Waals surface area (Å²) in [6.07, 6.45) is 11.5. The van der Waals surface area contributed by atoms with Gasteiger partial charge < -0.3 is 0 Å². The molecule has 1 aromatic carbocycles. The maximum Gasteiger partial charge on any atom is 0.0971 e. The van der Waals surface area contributed by atoms with Gasteiger partial charge in [0.05, 0.1) is 8.07 Å². The third-order valence-electron chi connectivity index (χ3n) is 4.80. The van der Waals surface area contributed by atoms with Crippen molar-refractivity contribution >= 4 is 13.3 Å². The molecule has 1 heterocycles. The molecule has 1 unspecified atom stereocenters. The van der Waals surface area contributed by atoms with Gasteiger partial charge in [-0.3, -0.25) is 0 Å². The van der Waals surface area contributed by atoms with Crippen LogP contribution < -0.4 is 5.19 Å². The summed E-state index contributed by atoms with van der Waals surface area (Å²) in [7, 11) is -1.30. The molecule has 3 rings (SSSR count). The van der Waals surface area contributed by atoms with E-state index in [1.165, 1.54) is 31.4 Å². The van der Waals surface area contributed by atoms with Crippen LogP contribution in [0.2, 0.25) is 17.6 Å². The molecule has 1 saturated heterocycles. The minimum absolute atomic E-state index is 0.761. The Balaban J connectivity index is 1.99. The highest BCUT2D eigenvalue weighted by Gasteiger charge is 2.43. The lowest BCUT2D eigenvalue weighted by molar-refractivity contribution is 0.935. The van der Waals surface area contributed by atoms with E-state index >= 15 is 0 Å². The topological polar surface area (TPSA) is 0 Å². The van der Waals surface area contributed by atoms with Crippen molar-refractivity contribution in [2.24, 2.45) is 0 Å². The fourth-order valence-electron chi connectivity index (χ4n) is 3.74. The molecule has 2 aliphatic rings. The first-order chi connectivity index (χ1) is 8.85. The van der Waals surface area contributed by atoms with E-state index in [0.717, 1.165) is 5.54 Å². The third-order valence-corrected chi connectivity index (χ3v) is 10.4. The van der Waals surface area contributed by atoms with Gasteiger partial charge in [0.1, 0.15) is 0 Å². The Labute approximate surface area is 111 Å². The minimum atomic E-state index is -1.30. The Morgan fingerprint density at radius 3 is 2.44 bits per heavy atom. The van der Waals surface area contributed by atoms with Crippen LogP contribution in [0.15, 0.2) is 54.1 Å². The van der Waals surface area contributed by atoms with Gasteiger partial charge in [-0.15, -0.1) is 0 Å². The summed E-state index contributed by atoms with van der Waals surface area (Å²) >= 11 is 0. The molecule has 0 N–H and O–H groups in total. The lowest BCUT2D eigenvalue weighted by Crippen LogP contribution is -2.47. The van der Waals surface area contributed by atoms with Gasteiger partial charge in [0, 0.05) is 0 Å². The second-order valence-corrected chi connectivity index (χ2v) is 10.3. The van der Waals surface area contributed by atoms with Gasteiger partial charge in [-0.1, -0.05) is 91.2 Å². The van der Waals surface area contributed by atoms with Gasteiger partial charge in [0.15, 0.2) is 0 Å². The third kappa shape index (κ3) is 1.91. The van der Waals surface area contributed by atoms with Crippen LogP contribution >= 0.6 is 0 Å². The average molecular weight is 254 g/mol. The molecule has 18 heavy (non-hydrogen) atoms. The second kappa shape index (κ2) is 4.89. The van der Waals surface area contributed by atoms with Crippen molar-refractivity contribution < 1.29 is 0 Å². The molecule has 1 atom stereocenters. The van der Waals surface area contributed by atoms with Crippen LogP contribution in [0, 0.1) is 0 Å². The Morgan fingerprint density at radius 1 is 1.11 bits per heavy atom. The van der Waals surface area contributed by atoms with Crippen LogP contribution in [0.1, 0.15) is 26.2 Å². The first-order valence-corrected chi connectivity index (χ1v) is 9.79. The predicted molar refractivity (Wildman–Crippen MR) is 81.9 cm³/mol. The molecule has 1 aliphatic heterocycles. The molecular weight excluding hydrogens is 232 g/mol. The molecular formula is C17H22Si. The lowest BCUT2D eigenvalue weighted by atomic mass is 10.2. The largest absolute Gasteiger partial charge is 0.0971 e. The molecule has 0 aromatic heterocycles. The maximum absolute atomic E-state index is 2.57. The standard InChI is InChI=1S/C17H22Si/c1-2-15-10-11-17(14-15)18(12-6-7-13-18)16-8-4-3-5-9-16/h3-5,8-11,14,17H,2,6-7,12-13H2,1H3. The fraction of sp³-hybridized carbons (Fsp3) is 0.412. The Morgan fingerprint density at radius 2 is 1.83 bits per heavy atom. The normalized spacial score (nSPS) is 25.4. The monoisotopic (exact) mass is 254 g/mol. The van der Waals surface area contributed by atoms with Gasteiger partial charge >= 0.3 is 0 Å². The van der Waals surface area contributed by atoms with E-state index in [4.69, 9.17) is 0 Å². The summed E-state index contributed by atoms with van der Waals surface area (Å²) in [5.41, 5.74) is 2.31. The molecule has 1 heteroatoms. The maximum atomic E-state index is 2.57. The van der Waals surface area contributed by atoms with E-state index < -0.39 is 8.07 Å². The van der Waals surface area contributed by atoms with E-state index in [-0.39, 0.29) is 0 Å². The zero-order valence-corrected chi connectivity index (χ0v) is 12.2. The smallest absolute Gasteiger partial charge is 0.0797 e. The van der Waals surface area contributed by atoms with Gasteiger partial charge in [-0.2, -0.15) is 0 Å². The molecule has 1 aliphatic carbocycles. The summed E-state index contributed by atoms with van der Waals surface area (Å²) in [6.45, 7) is 2.27. The van der Waals surface area contributed by atoms with E-state index in [2.05, 4.69) is 55.5 Å². The molecule has 0 bridgehead atoms. The summed E-state index contributed by atoms with van der Waals surface area (Å²) in [4.78, 5) is 0. The van der Waals surface area contributed by atoms with Gasteiger partial charge in [0.25, 0.3) is 0 Å². The van der Waals surface area contributed by atoms with Crippen molar-refractivity contribution in [2.75, 3.05) is 0 Å². The lowest BCUT2D eigenvalue weighted by Gasteiger charge is -2.32. The molecule has 94 valence electrons. The summed E-state index contributed by atoms with van der Waals surface area (Å²) in [5.74, 6) is 0. The zero-order chi connectivity index (χ0) is 12.4. The molecule has 0 nitrogen and oxygen atoms in total. The van der Waals surface area contributed by atoms with Crippen LogP contribution in [-0.2, 0) is 0 Å². The number of benzene rings is 1. The van der Waals surface area contributed by atoms with Gasteiger partial charge in [0.2, 0.25) is 0 Å². The van der Waals surface area contributed by atoms with Crippen LogP contribution in [0.5, 0.6) is 0 Å². The van der Waals surface area contributed by atoms with Crippen LogP contribution in [0.25, 0.3) is 0 Å². The molecule has 0 saturated carbocycles. The van der Waals surface area contributed by atoms with E-state index in [1.54, 1.807) is 10.8 Å². The minimum Gasteiger partial charge on any atom is -0.0797 e. The van der Waals surface area contributed by atoms with Crippen LogP contribution in [0.4, 0.5) is 0 Å². The van der Waals surface area contributed by atoms with Crippen LogP contribution in [-0.4, -0.2) is 8.07 Å². The fourth-order valence-corrected chi connectivity index (χ4v) is 9.23. The highest BCUT2D eigenvalue weighted by molar-refractivity contribution is 6.94. The summed E-state index contributed by atoms with van der Waals surface area (Å²) in [6, 6.07) is 14.4. The van der Waals surface area contributed by atoms with Crippen molar-refractivity contribution in [3.05, 3.63) is 54.1 Å². The average Bonchev–Trinajstić information content (AvgIpc) is 3.09. The van der Waals surface area contributed by atoms with Gasteiger partial charge in [-0.25, -0.2) is 0 Å². The number of hydrogen-bond donors (Lipinski definition) is 0. The van der Waals surface area contributed by atoms with Gasteiger partial charge in [-0.05, 0) is 12.0 Å². The van der Waals surface area contributed by atoms with E-state index in [1.807, 2.05) is 0 Å². The molecule has 0 spiro atoms. The zero-order valence-electron chi connectivity index (χ0n) is 11.2. The quantitative estimate of drug-likeness (QED) is 0.701. The summed E-state index contributed by atoms with van der Waals surface area (Å²) in [5, 5.41) is 1.69. The van der Waals surface area contributed by atoms with E-state index in [9.17, 15) is 0 Å². The Kier molecular flexibility index (Phi) is 3.25. The van der Waals surface area contributed by atoms with Crippen molar-refractivity contribution in [3.8, 4) is 0 Å². The van der Waals surface area contributed by atoms with E-state index in [0.29, 0.717) is 0 Å². The highest BCUT2D eigenvalue weighted by Crippen LogP contribution is 2.43. The number of hydrogen-bond acceptors (Lipinski definition) is 0. The number of rotatable bonds is 3. The van der Waals surface area contributed by atoms with Crippen LogP contribution in [0.3, 0.4) is 0 Å². The van der Waals surface area contributed by atoms with Crippen molar-refractivity contribution in [2.45, 2.75) is 43.8 Å². The summed E-state index contributed by atoms with van der Waals surface area (Å²) < 4.78 is 0. The first kappa shape index (κ1) is 12.0. The molecule has 0 amide bonds. The molecule has 1 fully saturated rings. The highest BCUT2D eigenvalue weighted by atomic mass is 28.3.